The van der Waals surface area contributed by atoms with Gasteiger partial charge < -0.3 is 43.5 Å². The standard InChI is InChI=1S/C31H42N4O4.2C30H40N4O4/c1-19(2)39-33-29(31(37)38)28-30(36)35(27-13-6-5-12-26(27)32-28)25-17-22-10-7-11-23(18-25)34(22)24-15-20-8-3-4-9-21(14-20)16-24;1-18(2)38-32-28(30(36)37)27-29(35)34(26-12-4-3-11-25(26)31-27)24-16-21-9-6-10-22(17-24)33(21)23-14-19-7-5-8-20(13-19)15-23;1-2-38-32-28(30(36)37)27-29(35)34(26-13-6-5-12-25(26)31-27)24-17-21-10-7-11-22(18-24)33(21)23-15-19-8-3-4-9-20(14-19)16-23/h5-6,12-13,19-25H,3-4,7-11,14-18H2,1-2H3,(H,37,38);3-4,11-12,18-24H,5-10,13-17H2,1-2H3,(H,36,37);5-6,12-13,19-24H,2-4,7-11,14-18H2,1H3,(H,36,37)/b33-29-;2*32-28-. The average Bonchev–Trinajstić information content (AvgIpc) is 0.945. The lowest BCUT2D eigenvalue weighted by atomic mass is 9.68. The number of nitrogens with zero attached hydrogens (tertiary/aromatic N) is 12. The molecule has 12 atom stereocenters. The molecular formula is C91H122N12O12. The van der Waals surface area contributed by atoms with E-state index in [2.05, 4.69) is 45.1 Å². The molecule has 6 aromatic rings. The Morgan fingerprint density at radius 3 is 0.861 bits per heavy atom. The number of carboxylic acid groups (broad SMARTS) is 3. The highest BCUT2D eigenvalue weighted by molar-refractivity contribution is 6.43. The molecule has 9 heterocycles. The third kappa shape index (κ3) is 17.3. The van der Waals surface area contributed by atoms with E-state index < -0.39 is 35.0 Å². The molecule has 18 rings (SSSR count). The first-order valence-electron chi connectivity index (χ1n) is 44.6. The molecule has 6 saturated carbocycles. The lowest BCUT2D eigenvalue weighted by Crippen LogP contribution is -2.58. The Kier molecular flexibility index (Phi) is 24.9. The van der Waals surface area contributed by atoms with Crippen LogP contribution in [0.1, 0.15) is 295 Å². The normalized spacial score (nSPS) is 31.9. The van der Waals surface area contributed by atoms with Gasteiger partial charge in [-0.25, -0.2) is 29.3 Å². The maximum Gasteiger partial charge on any atom is 0.360 e. The lowest BCUT2D eigenvalue weighted by molar-refractivity contribution is -0.130. The fourth-order valence-corrected chi connectivity index (χ4v) is 24.8. The number of benzene rings is 3. The maximum atomic E-state index is 14.0. The van der Waals surface area contributed by atoms with Crippen LogP contribution >= 0.6 is 0 Å². The Morgan fingerprint density at radius 1 is 0.348 bits per heavy atom. The highest BCUT2D eigenvalue weighted by atomic mass is 16.6. The van der Waals surface area contributed by atoms with Crippen LogP contribution in [0.5, 0.6) is 0 Å². The quantitative estimate of drug-likeness (QED) is 0.0532. The second-order valence-corrected chi connectivity index (χ2v) is 37.0. The molecule has 24 heteroatoms. The molecular weight excluding hydrogens is 1450 g/mol. The van der Waals surface area contributed by atoms with E-state index in [9.17, 15) is 44.1 Å². The van der Waals surface area contributed by atoms with Gasteiger partial charge in [0.25, 0.3) is 16.7 Å². The summed E-state index contributed by atoms with van der Waals surface area (Å²) in [5, 5.41) is 41.1. The van der Waals surface area contributed by atoms with E-state index in [0.29, 0.717) is 70.9 Å². The average molecular weight is 1580 g/mol. The van der Waals surface area contributed by atoms with Gasteiger partial charge in [-0.3, -0.25) is 29.1 Å². The van der Waals surface area contributed by atoms with Crippen molar-refractivity contribution in [2.45, 2.75) is 344 Å². The predicted octanol–water partition coefficient (Wildman–Crippen LogP) is 15.8. The van der Waals surface area contributed by atoms with Gasteiger partial charge in [0.1, 0.15) is 18.8 Å². The molecule has 618 valence electrons. The van der Waals surface area contributed by atoms with Crippen LogP contribution < -0.4 is 16.7 Å². The third-order valence-electron chi connectivity index (χ3n) is 28.8. The van der Waals surface area contributed by atoms with Gasteiger partial charge >= 0.3 is 17.9 Å². The predicted molar refractivity (Wildman–Crippen MR) is 444 cm³/mol. The number of fused-ring (bicyclic) bond motifs is 15. The number of aromatic nitrogens is 6. The van der Waals surface area contributed by atoms with Crippen molar-refractivity contribution in [1.29, 1.82) is 0 Å². The molecule has 6 aliphatic heterocycles. The van der Waals surface area contributed by atoms with Crippen molar-refractivity contribution < 1.29 is 44.2 Å². The van der Waals surface area contributed by atoms with Gasteiger partial charge in [0.15, 0.2) is 17.1 Å². The summed E-state index contributed by atoms with van der Waals surface area (Å²) in [6, 6.07) is 27.5. The smallest absolute Gasteiger partial charge is 0.360 e. The molecule has 3 aromatic heterocycles. The monoisotopic (exact) mass is 1570 g/mol. The van der Waals surface area contributed by atoms with E-state index in [1.54, 1.807) is 34.6 Å². The number of carboxylic acids is 3. The SMILES string of the molecule is CC(C)O/N=C(\C(=O)O)c1nc2ccccc2n(C2CC3CCCC(C2)N3C2CC3CCCC(C3)C2)c1=O.CC(C)O/N=C(\C(=O)O)c1nc2ccccc2n(C2CC3CCCC(C2)N3C2CC3CCCCC(C3)C2)c1=O.CCO/N=C(\C(=O)O)c1nc2ccccc2n(C2CC3CCCC(C2)N3C2CC3CCCCC(C3)C2)c1=O. The van der Waals surface area contributed by atoms with E-state index in [4.69, 9.17) is 14.5 Å². The number of hydrogen-bond donors (Lipinski definition) is 3. The Hall–Kier alpha value is -8.22. The van der Waals surface area contributed by atoms with Gasteiger partial charge in [-0.05, 0) is 241 Å². The fraction of sp³-hybridized carbons (Fsp3) is 0.670. The molecule has 3 aromatic carbocycles. The van der Waals surface area contributed by atoms with Crippen molar-refractivity contribution in [3.05, 3.63) is 121 Å². The molecule has 24 nitrogen and oxygen atoms in total. The molecule has 0 spiro atoms. The molecule has 12 unspecified atom stereocenters. The molecule has 12 fully saturated rings. The Morgan fingerprint density at radius 2 is 0.600 bits per heavy atom. The van der Waals surface area contributed by atoms with E-state index >= 15 is 0 Å². The summed E-state index contributed by atoms with van der Waals surface area (Å²) in [5.74, 6) is 1.37. The molecule has 0 radical (unpaired) electrons. The Bertz CT molecular complexity index is 4720. The maximum absolute atomic E-state index is 14.0. The van der Waals surface area contributed by atoms with Crippen LogP contribution in [-0.4, -0.2) is 167 Å². The fourth-order valence-electron chi connectivity index (χ4n) is 24.8. The van der Waals surface area contributed by atoms with Crippen molar-refractivity contribution in [2.75, 3.05) is 6.61 Å². The molecule has 6 aliphatic carbocycles. The minimum atomic E-state index is -1.31. The first-order chi connectivity index (χ1) is 55.8. The van der Waals surface area contributed by atoms with Crippen molar-refractivity contribution in [1.82, 2.24) is 43.4 Å². The number of para-hydroxylation sites is 6. The van der Waals surface area contributed by atoms with Crippen molar-refractivity contribution >= 4 is 68.1 Å². The number of hydrogen-bond acceptors (Lipinski definition) is 18. The topological polar surface area (TPSA) is 291 Å². The minimum Gasteiger partial charge on any atom is -0.476 e. The van der Waals surface area contributed by atoms with Gasteiger partial charge in [-0.15, -0.1) is 0 Å². The molecule has 6 saturated heterocycles. The highest BCUT2D eigenvalue weighted by Crippen LogP contribution is 2.52. The summed E-state index contributed by atoms with van der Waals surface area (Å²) in [6.45, 7) is 9.00. The molecule has 12 aliphatic rings. The van der Waals surface area contributed by atoms with Crippen LogP contribution in [0.4, 0.5) is 0 Å². The third-order valence-corrected chi connectivity index (χ3v) is 28.8. The van der Waals surface area contributed by atoms with Crippen LogP contribution in [0.2, 0.25) is 0 Å². The Balaban J connectivity index is 0.000000130. The summed E-state index contributed by atoms with van der Waals surface area (Å²) >= 11 is 0. The summed E-state index contributed by atoms with van der Waals surface area (Å²) in [4.78, 5) is 116. The summed E-state index contributed by atoms with van der Waals surface area (Å²) < 4.78 is 5.52. The molecule has 3 N–H and O–H groups in total. The number of aliphatic carboxylic acids is 3. The number of oxime groups is 3. The first kappa shape index (κ1) is 80.6. The van der Waals surface area contributed by atoms with E-state index in [-0.39, 0.29) is 70.7 Å². The van der Waals surface area contributed by atoms with Gasteiger partial charge in [0.05, 0.1) is 33.1 Å². The molecule has 115 heavy (non-hydrogen) atoms. The van der Waals surface area contributed by atoms with E-state index in [1.807, 2.05) is 86.5 Å². The minimum absolute atomic E-state index is 0.00244. The van der Waals surface area contributed by atoms with Crippen LogP contribution in [-0.2, 0) is 28.9 Å². The van der Waals surface area contributed by atoms with Crippen LogP contribution in [0.15, 0.2) is 103 Å². The molecule has 12 bridgehead atoms. The Labute approximate surface area is 674 Å². The van der Waals surface area contributed by atoms with Crippen LogP contribution in [0.3, 0.4) is 0 Å². The largest absolute Gasteiger partial charge is 0.476 e. The zero-order valence-corrected chi connectivity index (χ0v) is 68.3. The zero-order valence-electron chi connectivity index (χ0n) is 68.3. The van der Waals surface area contributed by atoms with Gasteiger partial charge in [-0.1, -0.05) is 142 Å². The van der Waals surface area contributed by atoms with E-state index in [1.165, 1.54) is 186 Å². The van der Waals surface area contributed by atoms with Gasteiger partial charge in [-0.2, -0.15) is 0 Å². The van der Waals surface area contributed by atoms with E-state index in [0.717, 1.165) is 90.6 Å². The number of rotatable bonds is 18. The lowest BCUT2D eigenvalue weighted by Gasteiger charge is -2.55. The second kappa shape index (κ2) is 35.5. The molecule has 0 amide bonds. The number of carbonyl (C=O) groups is 3. The summed E-state index contributed by atoms with van der Waals surface area (Å²) in [7, 11) is 0. The number of piperidine rings is 6. The second-order valence-electron chi connectivity index (χ2n) is 37.0. The summed E-state index contributed by atoms with van der Waals surface area (Å²) in [5.41, 5.74) is 1.21. The van der Waals surface area contributed by atoms with Crippen LogP contribution in [0.25, 0.3) is 33.1 Å². The zero-order chi connectivity index (χ0) is 79.7. The van der Waals surface area contributed by atoms with Crippen LogP contribution in [0, 0.1) is 35.5 Å². The van der Waals surface area contributed by atoms with Crippen molar-refractivity contribution in [3.8, 4) is 0 Å². The van der Waals surface area contributed by atoms with Crippen molar-refractivity contribution in [2.24, 2.45) is 51.0 Å². The summed E-state index contributed by atoms with van der Waals surface area (Å²) in [6.07, 6.45) is 43.4. The first-order valence-corrected chi connectivity index (χ1v) is 44.6. The highest BCUT2D eigenvalue weighted by Gasteiger charge is 2.50. The van der Waals surface area contributed by atoms with Crippen molar-refractivity contribution in [3.63, 3.8) is 0 Å². The van der Waals surface area contributed by atoms with Gasteiger partial charge in [0.2, 0.25) is 17.1 Å². The van der Waals surface area contributed by atoms with Gasteiger partial charge in [0, 0.05) is 72.5 Å².